The minimum absolute atomic E-state index is 0.0211. The molecule has 22 heavy (non-hydrogen) atoms. The van der Waals surface area contributed by atoms with Crippen molar-refractivity contribution in [3.63, 3.8) is 0 Å². The maximum absolute atomic E-state index is 10.1. The van der Waals surface area contributed by atoms with Crippen molar-refractivity contribution in [3.05, 3.63) is 0 Å². The topological polar surface area (TPSA) is 138 Å². The SMILES string of the molecule is CO[C@@H]1CC(O)C(O[C@@H]2C[C@@H](O)[C@H](O)[C@@H](CO)O2)C(CO)O1. The Balaban J connectivity index is 1.99. The second-order valence-corrected chi connectivity index (χ2v) is 5.51. The molecule has 0 spiro atoms. The van der Waals surface area contributed by atoms with Gasteiger partial charge >= 0.3 is 0 Å². The lowest BCUT2D eigenvalue weighted by molar-refractivity contribution is -0.318. The van der Waals surface area contributed by atoms with Crippen molar-refractivity contribution >= 4 is 0 Å². The quantitative estimate of drug-likeness (QED) is 0.366. The van der Waals surface area contributed by atoms with E-state index in [0.717, 1.165) is 0 Å². The summed E-state index contributed by atoms with van der Waals surface area (Å²) < 4.78 is 21.4. The van der Waals surface area contributed by atoms with Crippen LogP contribution < -0.4 is 0 Å². The standard InChI is InChI=1S/C13H24O9/c1-19-10-3-7(17)13(9(5-15)21-10)22-11-2-6(16)12(18)8(4-14)20-11/h6-18H,2-5H2,1H3/t6-,7?,8-,9?,10+,11-,12+,13?/m1/s1. The van der Waals surface area contributed by atoms with E-state index in [1.54, 1.807) is 0 Å². The predicted molar refractivity (Wildman–Crippen MR) is 70.6 cm³/mol. The van der Waals surface area contributed by atoms with Gasteiger partial charge in [-0.05, 0) is 0 Å². The van der Waals surface area contributed by atoms with Gasteiger partial charge in [0.2, 0.25) is 0 Å². The summed E-state index contributed by atoms with van der Waals surface area (Å²) in [7, 11) is 1.43. The third kappa shape index (κ3) is 3.94. The van der Waals surface area contributed by atoms with E-state index < -0.39 is 55.8 Å². The predicted octanol–water partition coefficient (Wildman–Crippen LogP) is -2.68. The average molecular weight is 324 g/mol. The van der Waals surface area contributed by atoms with Crippen molar-refractivity contribution in [2.75, 3.05) is 20.3 Å². The molecule has 8 atom stereocenters. The number of hydrogen-bond donors (Lipinski definition) is 5. The summed E-state index contributed by atoms with van der Waals surface area (Å²) in [6, 6.07) is 0. The van der Waals surface area contributed by atoms with Crippen molar-refractivity contribution in [2.45, 2.75) is 62.0 Å². The molecule has 0 aromatic rings. The molecule has 2 saturated heterocycles. The highest BCUT2D eigenvalue weighted by Gasteiger charge is 2.43. The minimum atomic E-state index is -1.20. The van der Waals surface area contributed by atoms with Crippen molar-refractivity contribution in [3.8, 4) is 0 Å². The van der Waals surface area contributed by atoms with Crippen LogP contribution in [-0.2, 0) is 18.9 Å². The lowest BCUT2D eigenvalue weighted by atomic mass is 10.00. The largest absolute Gasteiger partial charge is 0.394 e. The minimum Gasteiger partial charge on any atom is -0.394 e. The second-order valence-electron chi connectivity index (χ2n) is 5.51. The zero-order valence-corrected chi connectivity index (χ0v) is 12.3. The van der Waals surface area contributed by atoms with Crippen LogP contribution in [0.25, 0.3) is 0 Å². The molecule has 2 aliphatic rings. The molecule has 3 unspecified atom stereocenters. The number of aliphatic hydroxyl groups is 5. The van der Waals surface area contributed by atoms with Gasteiger partial charge in [0, 0.05) is 20.0 Å². The van der Waals surface area contributed by atoms with Crippen molar-refractivity contribution in [1.29, 1.82) is 0 Å². The maximum Gasteiger partial charge on any atom is 0.161 e. The van der Waals surface area contributed by atoms with E-state index in [9.17, 15) is 20.4 Å². The van der Waals surface area contributed by atoms with Crippen LogP contribution in [0, 0.1) is 0 Å². The summed E-state index contributed by atoms with van der Waals surface area (Å²) in [6.45, 7) is -0.861. The molecule has 9 heteroatoms. The summed E-state index contributed by atoms with van der Waals surface area (Å²) in [5.41, 5.74) is 0. The van der Waals surface area contributed by atoms with Crippen LogP contribution in [0.2, 0.25) is 0 Å². The Morgan fingerprint density at radius 1 is 0.909 bits per heavy atom. The molecular formula is C13H24O9. The smallest absolute Gasteiger partial charge is 0.161 e. The maximum atomic E-state index is 10.1. The van der Waals surface area contributed by atoms with Gasteiger partial charge in [0.15, 0.2) is 12.6 Å². The summed E-state index contributed by atoms with van der Waals surface area (Å²) in [6.07, 6.45) is -7.36. The van der Waals surface area contributed by atoms with E-state index >= 15 is 0 Å². The Kier molecular flexibility index (Phi) is 6.50. The fraction of sp³-hybridized carbons (Fsp3) is 1.00. The molecule has 2 fully saturated rings. The molecule has 9 nitrogen and oxygen atoms in total. The first-order valence-electron chi connectivity index (χ1n) is 7.25. The van der Waals surface area contributed by atoms with Gasteiger partial charge in [-0.1, -0.05) is 0 Å². The van der Waals surface area contributed by atoms with E-state index in [1.165, 1.54) is 7.11 Å². The summed E-state index contributed by atoms with van der Waals surface area (Å²) in [5.74, 6) is 0. The van der Waals surface area contributed by atoms with Gasteiger partial charge in [-0.3, -0.25) is 0 Å². The first kappa shape index (κ1) is 18.0. The first-order valence-corrected chi connectivity index (χ1v) is 7.25. The molecule has 0 radical (unpaired) electrons. The molecule has 2 rings (SSSR count). The average Bonchev–Trinajstić information content (AvgIpc) is 2.52. The number of hydrogen-bond acceptors (Lipinski definition) is 9. The Morgan fingerprint density at radius 2 is 1.50 bits per heavy atom. The van der Waals surface area contributed by atoms with E-state index in [4.69, 9.17) is 24.1 Å². The highest BCUT2D eigenvalue weighted by atomic mass is 16.7. The van der Waals surface area contributed by atoms with E-state index in [0.29, 0.717) is 0 Å². The van der Waals surface area contributed by atoms with Crippen molar-refractivity contribution < 1.29 is 44.5 Å². The van der Waals surface area contributed by atoms with E-state index in [-0.39, 0.29) is 19.4 Å². The molecule has 0 aliphatic carbocycles. The van der Waals surface area contributed by atoms with Gasteiger partial charge in [0.25, 0.3) is 0 Å². The molecule has 0 amide bonds. The van der Waals surface area contributed by atoms with E-state index in [1.807, 2.05) is 0 Å². The van der Waals surface area contributed by atoms with Crippen molar-refractivity contribution in [1.82, 2.24) is 0 Å². The highest BCUT2D eigenvalue weighted by molar-refractivity contribution is 4.87. The van der Waals surface area contributed by atoms with Crippen LogP contribution in [-0.4, -0.2) is 95.1 Å². The number of rotatable bonds is 5. The molecular weight excluding hydrogens is 300 g/mol. The molecule has 0 aromatic heterocycles. The summed E-state index contributed by atoms with van der Waals surface area (Å²) in [5, 5.41) is 48.1. The third-order valence-corrected chi connectivity index (χ3v) is 3.97. The summed E-state index contributed by atoms with van der Waals surface area (Å²) in [4.78, 5) is 0. The third-order valence-electron chi connectivity index (χ3n) is 3.97. The van der Waals surface area contributed by atoms with Crippen LogP contribution >= 0.6 is 0 Å². The molecule has 2 aliphatic heterocycles. The Bertz CT molecular complexity index is 341. The number of methoxy groups -OCH3 is 1. The lowest BCUT2D eigenvalue weighted by Crippen LogP contribution is -2.56. The molecule has 0 bridgehead atoms. The van der Waals surface area contributed by atoms with Crippen LogP contribution in [0.1, 0.15) is 12.8 Å². The van der Waals surface area contributed by atoms with Gasteiger partial charge in [0.05, 0.1) is 25.4 Å². The van der Waals surface area contributed by atoms with Gasteiger partial charge in [0.1, 0.15) is 24.4 Å². The van der Waals surface area contributed by atoms with E-state index in [2.05, 4.69) is 0 Å². The van der Waals surface area contributed by atoms with Gasteiger partial charge in [-0.25, -0.2) is 0 Å². The van der Waals surface area contributed by atoms with Crippen molar-refractivity contribution in [2.24, 2.45) is 0 Å². The van der Waals surface area contributed by atoms with Crippen LogP contribution in [0.5, 0.6) is 0 Å². The normalized spacial score (nSPS) is 46.6. The monoisotopic (exact) mass is 324 g/mol. The van der Waals surface area contributed by atoms with Gasteiger partial charge < -0.3 is 44.5 Å². The molecule has 5 N–H and O–H groups in total. The van der Waals surface area contributed by atoms with Crippen LogP contribution in [0.4, 0.5) is 0 Å². The molecule has 0 saturated carbocycles. The number of ether oxygens (including phenoxy) is 4. The second kappa shape index (κ2) is 7.95. The molecule has 2 heterocycles. The Hall–Kier alpha value is -0.360. The fourth-order valence-electron chi connectivity index (χ4n) is 2.71. The number of aliphatic hydroxyl groups excluding tert-OH is 5. The van der Waals surface area contributed by atoms with Gasteiger partial charge in [-0.2, -0.15) is 0 Å². The Labute approximate surface area is 128 Å². The fourth-order valence-corrected chi connectivity index (χ4v) is 2.71. The zero-order valence-electron chi connectivity index (χ0n) is 12.3. The highest BCUT2D eigenvalue weighted by Crippen LogP contribution is 2.28. The summed E-state index contributed by atoms with van der Waals surface area (Å²) >= 11 is 0. The lowest BCUT2D eigenvalue weighted by Gasteiger charge is -2.42. The van der Waals surface area contributed by atoms with Gasteiger partial charge in [-0.15, -0.1) is 0 Å². The first-order chi connectivity index (χ1) is 10.5. The van der Waals surface area contributed by atoms with Crippen LogP contribution in [0.3, 0.4) is 0 Å². The molecule has 130 valence electrons. The van der Waals surface area contributed by atoms with Crippen LogP contribution in [0.15, 0.2) is 0 Å². The molecule has 0 aromatic carbocycles. The zero-order chi connectivity index (χ0) is 16.3. The Morgan fingerprint density at radius 3 is 2.09 bits per heavy atom.